The Morgan fingerprint density at radius 2 is 1.71 bits per heavy atom. The topological polar surface area (TPSA) is 169 Å². The van der Waals surface area contributed by atoms with Crippen LogP contribution in [0.15, 0.2) is 60.9 Å². The van der Waals surface area contributed by atoms with Crippen LogP contribution >= 0.6 is 0 Å². The third kappa shape index (κ3) is 7.44. The van der Waals surface area contributed by atoms with Crippen LogP contribution in [0.1, 0.15) is 93.6 Å². The predicted octanol–water partition coefficient (Wildman–Crippen LogP) is 3.51. The number of carbonyl (C=O) groups excluding carboxylic acids is 5. The maximum atomic E-state index is 13.3. The van der Waals surface area contributed by atoms with Gasteiger partial charge in [-0.25, -0.2) is 0 Å². The van der Waals surface area contributed by atoms with Gasteiger partial charge in [0.2, 0.25) is 11.8 Å². The van der Waals surface area contributed by atoms with Gasteiger partial charge in [-0.2, -0.15) is 10.2 Å². The molecular weight excluding hydrogens is 737 g/mol. The van der Waals surface area contributed by atoms with Crippen molar-refractivity contribution < 1.29 is 24.0 Å². The number of H-pyrrole nitrogens is 1. The molecule has 58 heavy (non-hydrogen) atoms. The molecule has 302 valence electrons. The van der Waals surface area contributed by atoms with Crippen molar-refractivity contribution in [3.8, 4) is 0 Å². The Kier molecular flexibility index (Phi) is 9.96. The normalized spacial score (nSPS) is 21.7. The number of nitrogens with zero attached hydrogens (tertiary/aromatic N) is 7. The molecule has 4 aliphatic heterocycles. The molecule has 3 saturated heterocycles. The third-order valence-corrected chi connectivity index (χ3v) is 12.7. The number of hydrogen-bond acceptors (Lipinski definition) is 10. The summed E-state index contributed by atoms with van der Waals surface area (Å²) in [5.41, 5.74) is 6.09. The Morgan fingerprint density at radius 1 is 0.948 bits per heavy atom. The number of nitrogens with one attached hydrogen (secondary N) is 3. The predicted molar refractivity (Wildman–Crippen MR) is 215 cm³/mol. The number of carbonyl (C=O) groups is 5. The number of anilines is 2. The van der Waals surface area contributed by atoms with Gasteiger partial charge in [-0.15, -0.1) is 0 Å². The van der Waals surface area contributed by atoms with Crippen LogP contribution in [-0.4, -0.2) is 123 Å². The smallest absolute Gasteiger partial charge is 0.276 e. The van der Waals surface area contributed by atoms with E-state index in [1.807, 2.05) is 23.0 Å². The lowest BCUT2D eigenvalue weighted by Gasteiger charge is -2.45. The fraction of sp³-hybridized carbons (Fsp3) is 0.465. The van der Waals surface area contributed by atoms with Crippen molar-refractivity contribution >= 4 is 40.9 Å². The Hall–Kier alpha value is -5.67. The lowest BCUT2D eigenvalue weighted by molar-refractivity contribution is -0.136. The van der Waals surface area contributed by atoms with Crippen molar-refractivity contribution in [2.45, 2.75) is 64.5 Å². The van der Waals surface area contributed by atoms with Crippen LogP contribution in [0.3, 0.4) is 0 Å². The minimum absolute atomic E-state index is 0.0133. The van der Waals surface area contributed by atoms with Crippen molar-refractivity contribution in [1.82, 2.24) is 40.0 Å². The van der Waals surface area contributed by atoms with Gasteiger partial charge in [-0.3, -0.25) is 44.0 Å². The molecule has 3 fully saturated rings. The highest BCUT2D eigenvalue weighted by Gasteiger charge is 2.45. The van der Waals surface area contributed by atoms with Crippen LogP contribution in [0.4, 0.5) is 11.4 Å². The zero-order chi connectivity index (χ0) is 40.1. The third-order valence-electron chi connectivity index (χ3n) is 12.7. The minimum Gasteiger partial charge on any atom is -0.371 e. The highest BCUT2D eigenvalue weighted by atomic mass is 16.2. The lowest BCUT2D eigenvalue weighted by atomic mass is 9.76. The summed E-state index contributed by atoms with van der Waals surface area (Å²) in [6, 6.07) is 14.8. The average molecular weight is 787 g/mol. The number of imide groups is 2. The Bertz CT molecular complexity index is 2250. The van der Waals surface area contributed by atoms with Gasteiger partial charge in [0, 0.05) is 87.8 Å². The number of aromatic amines is 1. The largest absolute Gasteiger partial charge is 0.371 e. The number of rotatable bonds is 11. The molecule has 4 aromatic rings. The van der Waals surface area contributed by atoms with Crippen molar-refractivity contribution in [3.63, 3.8) is 0 Å². The molecule has 1 unspecified atom stereocenters. The van der Waals surface area contributed by atoms with E-state index in [1.165, 1.54) is 5.56 Å². The van der Waals surface area contributed by atoms with E-state index in [-0.39, 0.29) is 36.1 Å². The van der Waals surface area contributed by atoms with Crippen LogP contribution in [0, 0.1) is 11.3 Å². The van der Waals surface area contributed by atoms with Crippen molar-refractivity contribution in [2.24, 2.45) is 11.3 Å². The van der Waals surface area contributed by atoms with Gasteiger partial charge in [0.05, 0.1) is 29.1 Å². The molecule has 5 amide bonds. The molecule has 0 spiro atoms. The summed E-state index contributed by atoms with van der Waals surface area (Å²) in [6.07, 6.45) is 7.51. The van der Waals surface area contributed by atoms with Crippen LogP contribution in [-0.2, 0) is 22.4 Å². The summed E-state index contributed by atoms with van der Waals surface area (Å²) >= 11 is 0. The van der Waals surface area contributed by atoms with E-state index in [1.54, 1.807) is 18.3 Å². The number of aromatic nitrogens is 4. The Morgan fingerprint density at radius 3 is 2.48 bits per heavy atom. The number of piperazine rings is 1. The van der Waals surface area contributed by atoms with E-state index < -0.39 is 23.8 Å². The van der Waals surface area contributed by atoms with E-state index >= 15 is 0 Å². The van der Waals surface area contributed by atoms with Crippen molar-refractivity contribution in [3.05, 3.63) is 94.6 Å². The molecular formula is C43H50N10O5. The molecule has 6 heterocycles. The maximum Gasteiger partial charge on any atom is 0.276 e. The van der Waals surface area contributed by atoms with Gasteiger partial charge in [0.25, 0.3) is 17.7 Å². The first-order chi connectivity index (χ1) is 28.0. The molecule has 0 bridgehead atoms. The maximum absolute atomic E-state index is 13.3. The average Bonchev–Trinajstić information content (AvgIpc) is 3.89. The highest BCUT2D eigenvalue weighted by Crippen LogP contribution is 2.36. The van der Waals surface area contributed by atoms with Crippen LogP contribution in [0.5, 0.6) is 0 Å². The molecule has 1 aliphatic carbocycles. The quantitative estimate of drug-likeness (QED) is 0.192. The van der Waals surface area contributed by atoms with Crippen molar-refractivity contribution in [1.29, 1.82) is 0 Å². The molecule has 0 saturated carbocycles. The van der Waals surface area contributed by atoms with Crippen molar-refractivity contribution in [2.75, 3.05) is 62.6 Å². The van der Waals surface area contributed by atoms with E-state index in [0.717, 1.165) is 99.9 Å². The van der Waals surface area contributed by atoms with E-state index in [2.05, 4.69) is 73.6 Å². The van der Waals surface area contributed by atoms with Gasteiger partial charge < -0.3 is 20.0 Å². The first kappa shape index (κ1) is 37.9. The molecule has 2 aromatic carbocycles. The first-order valence-electron chi connectivity index (χ1n) is 20.5. The summed E-state index contributed by atoms with van der Waals surface area (Å²) in [5.74, 6) is -1.67. The van der Waals surface area contributed by atoms with Gasteiger partial charge in [0.15, 0.2) is 5.69 Å². The summed E-state index contributed by atoms with van der Waals surface area (Å²) in [5, 5.41) is 17.5. The molecule has 9 rings (SSSR count). The molecule has 5 aliphatic rings. The second-order valence-corrected chi connectivity index (χ2v) is 17.3. The first-order valence-corrected chi connectivity index (χ1v) is 20.5. The summed E-state index contributed by atoms with van der Waals surface area (Å²) in [6.45, 7) is 12.1. The molecule has 2 aromatic heterocycles. The zero-order valence-electron chi connectivity index (χ0n) is 33.1. The number of piperidine rings is 1. The number of fused-ring (bicyclic) bond motifs is 2. The van der Waals surface area contributed by atoms with E-state index in [0.29, 0.717) is 28.4 Å². The highest BCUT2D eigenvalue weighted by molar-refractivity contribution is 6.23. The van der Waals surface area contributed by atoms with Gasteiger partial charge in [0.1, 0.15) is 6.04 Å². The number of hydrogen-bond donors (Lipinski definition) is 3. The second-order valence-electron chi connectivity index (χ2n) is 17.3. The summed E-state index contributed by atoms with van der Waals surface area (Å²) in [7, 11) is 0. The molecule has 15 heteroatoms. The van der Waals surface area contributed by atoms with Gasteiger partial charge in [-0.05, 0) is 61.3 Å². The van der Waals surface area contributed by atoms with E-state index in [9.17, 15) is 24.0 Å². The second kappa shape index (κ2) is 15.3. The Balaban J connectivity index is 0.755. The van der Waals surface area contributed by atoms with Crippen LogP contribution in [0.25, 0.3) is 0 Å². The fourth-order valence-electron chi connectivity index (χ4n) is 9.34. The van der Waals surface area contributed by atoms with Crippen LogP contribution < -0.4 is 15.5 Å². The number of amides is 5. The molecule has 2 atom stereocenters. The number of benzene rings is 2. The van der Waals surface area contributed by atoms with Gasteiger partial charge in [-0.1, -0.05) is 44.2 Å². The zero-order valence-corrected chi connectivity index (χ0v) is 33.1. The standard InChI is InChI=1S/C43H50N10O5/c1-43(2)14-12-32-34(21-43)47-48-38(32)40(56)45-29-22-44-52(26-29)35(28-6-4-3-5-7-28)13-15-49-16-18-50(19-17-49)23-27-24-51(25-27)30-8-9-31-33(20-30)42(58)53(41(31)57)36-10-11-37(54)46-39(36)55/h3-9,20,22,26-27,35-36H,10-19,21,23-25H2,1-2H3,(H,45,56)(H,47,48)(H,46,54,55)/t35-,36?/m0/s1. The SMILES string of the molecule is CC1(C)CCc2c(C(=O)Nc3cnn([C@@H](CCN4CCN(CC5CN(c6ccc7c(c6)C(=O)N(C6CCC(=O)NC6=O)C7=O)C5)CC4)c4ccccc4)c3)n[nH]c2C1. The molecule has 3 N–H and O–H groups in total. The Labute approximate surface area is 337 Å². The molecule has 0 radical (unpaired) electrons. The summed E-state index contributed by atoms with van der Waals surface area (Å²) in [4.78, 5) is 72.1. The van der Waals surface area contributed by atoms with Crippen LogP contribution in [0.2, 0.25) is 0 Å². The minimum atomic E-state index is -0.967. The molecule has 15 nitrogen and oxygen atoms in total. The van der Waals surface area contributed by atoms with Gasteiger partial charge >= 0.3 is 0 Å². The summed E-state index contributed by atoms with van der Waals surface area (Å²) < 4.78 is 1.97. The van der Waals surface area contributed by atoms with E-state index in [4.69, 9.17) is 5.10 Å². The lowest BCUT2D eigenvalue weighted by Crippen LogP contribution is -2.55. The monoisotopic (exact) mass is 786 g/mol. The fourth-order valence-corrected chi connectivity index (χ4v) is 9.34.